The topological polar surface area (TPSA) is 52.0 Å². The molecule has 122 valence electrons. The van der Waals surface area contributed by atoms with Crippen LogP contribution in [0.15, 0.2) is 46.4 Å². The molecule has 4 rings (SSSR count). The number of hydrogen-bond acceptors (Lipinski definition) is 4. The summed E-state index contributed by atoms with van der Waals surface area (Å²) in [5.74, 6) is 0.941. The molecule has 0 unspecified atom stereocenters. The van der Waals surface area contributed by atoms with Crippen LogP contribution in [0, 0.1) is 5.92 Å². The third kappa shape index (κ3) is 3.08. The Morgan fingerprint density at radius 1 is 1.25 bits per heavy atom. The summed E-state index contributed by atoms with van der Waals surface area (Å²) in [5.41, 5.74) is 2.29. The molecule has 0 bridgehead atoms. The van der Waals surface area contributed by atoms with E-state index in [-0.39, 0.29) is 11.3 Å². The number of rotatable bonds is 6. The molecule has 24 heavy (non-hydrogen) atoms. The molecule has 2 aliphatic carbocycles. The van der Waals surface area contributed by atoms with Crippen molar-refractivity contribution in [3.63, 3.8) is 0 Å². The van der Waals surface area contributed by atoms with Crippen molar-refractivity contribution in [1.82, 2.24) is 9.55 Å². The highest BCUT2D eigenvalue weighted by Crippen LogP contribution is 2.32. The third-order valence-corrected chi connectivity index (χ3v) is 5.39. The van der Waals surface area contributed by atoms with Gasteiger partial charge in [-0.25, -0.2) is 4.98 Å². The Bertz CT molecular complexity index is 867. The van der Waals surface area contributed by atoms with Crippen molar-refractivity contribution in [2.75, 3.05) is 5.75 Å². The standard InChI is InChI=1S/C19H18N2O2S/c22-17(14-5-2-1-3-6-14)12-24-19-20-16-8-4-7-15(16)18(23)21(19)11-13-9-10-13/h1-7,13H,8-12H2. The van der Waals surface area contributed by atoms with Crippen molar-refractivity contribution in [2.24, 2.45) is 5.92 Å². The van der Waals surface area contributed by atoms with Gasteiger partial charge >= 0.3 is 0 Å². The number of carbonyl (C=O) groups is 1. The number of thioether (sulfide) groups is 1. The first-order valence-corrected chi connectivity index (χ1v) is 9.22. The van der Waals surface area contributed by atoms with Crippen LogP contribution in [0.4, 0.5) is 0 Å². The predicted octanol–water partition coefficient (Wildman–Crippen LogP) is 3.20. The van der Waals surface area contributed by atoms with Crippen molar-refractivity contribution >= 4 is 23.6 Å². The van der Waals surface area contributed by atoms with E-state index in [4.69, 9.17) is 0 Å². The highest BCUT2D eigenvalue weighted by Gasteiger charge is 2.26. The van der Waals surface area contributed by atoms with Crippen molar-refractivity contribution in [2.45, 2.75) is 31.0 Å². The smallest absolute Gasteiger partial charge is 0.261 e. The first-order chi connectivity index (χ1) is 11.7. The van der Waals surface area contributed by atoms with Gasteiger partial charge in [0.05, 0.1) is 17.0 Å². The first kappa shape index (κ1) is 15.4. The first-order valence-electron chi connectivity index (χ1n) is 8.23. The maximum absolute atomic E-state index is 12.7. The Morgan fingerprint density at radius 3 is 2.79 bits per heavy atom. The van der Waals surface area contributed by atoms with Crippen LogP contribution in [0.2, 0.25) is 0 Å². The van der Waals surface area contributed by atoms with Gasteiger partial charge in [-0.2, -0.15) is 0 Å². The molecule has 0 N–H and O–H groups in total. The fourth-order valence-electron chi connectivity index (χ4n) is 2.87. The van der Waals surface area contributed by atoms with E-state index in [1.807, 2.05) is 42.5 Å². The molecule has 0 amide bonds. The zero-order chi connectivity index (χ0) is 16.5. The maximum Gasteiger partial charge on any atom is 0.261 e. The second kappa shape index (κ2) is 6.40. The van der Waals surface area contributed by atoms with Gasteiger partial charge in [0.25, 0.3) is 5.56 Å². The number of allylic oxidation sites excluding steroid dienone is 1. The zero-order valence-electron chi connectivity index (χ0n) is 13.3. The summed E-state index contributed by atoms with van der Waals surface area (Å²) < 4.78 is 1.77. The van der Waals surface area contributed by atoms with Crippen molar-refractivity contribution in [1.29, 1.82) is 0 Å². The zero-order valence-corrected chi connectivity index (χ0v) is 14.1. The Balaban J connectivity index is 1.59. The number of Topliss-reactive ketones (excluding diaryl/α,β-unsaturated/α-hetero) is 1. The van der Waals surface area contributed by atoms with Crippen LogP contribution in [0.5, 0.6) is 0 Å². The lowest BCUT2D eigenvalue weighted by Crippen LogP contribution is -2.27. The molecule has 1 heterocycles. The maximum atomic E-state index is 12.7. The summed E-state index contributed by atoms with van der Waals surface area (Å²) >= 11 is 1.37. The average molecular weight is 338 g/mol. The van der Waals surface area contributed by atoms with Gasteiger partial charge < -0.3 is 0 Å². The lowest BCUT2D eigenvalue weighted by Gasteiger charge is -2.13. The highest BCUT2D eigenvalue weighted by atomic mass is 32.2. The van der Waals surface area contributed by atoms with Crippen LogP contribution in [-0.4, -0.2) is 21.1 Å². The molecule has 1 saturated carbocycles. The van der Waals surface area contributed by atoms with Gasteiger partial charge in [-0.15, -0.1) is 0 Å². The number of ketones is 1. The molecule has 1 fully saturated rings. The molecule has 0 atom stereocenters. The fourth-order valence-corrected chi connectivity index (χ4v) is 3.79. The van der Waals surface area contributed by atoms with E-state index in [0.717, 1.165) is 17.8 Å². The molecule has 2 aromatic rings. The van der Waals surface area contributed by atoms with Gasteiger partial charge in [-0.05, 0) is 18.8 Å². The van der Waals surface area contributed by atoms with Crippen LogP contribution in [0.1, 0.15) is 34.5 Å². The van der Waals surface area contributed by atoms with Crippen LogP contribution < -0.4 is 5.56 Å². The normalized spacial score (nSPS) is 15.5. The molecule has 2 aliphatic rings. The van der Waals surface area contributed by atoms with Crippen molar-refractivity contribution in [3.8, 4) is 0 Å². The van der Waals surface area contributed by atoms with Gasteiger partial charge in [0.1, 0.15) is 0 Å². The van der Waals surface area contributed by atoms with Crippen molar-refractivity contribution < 1.29 is 4.79 Å². The van der Waals surface area contributed by atoms with Gasteiger partial charge in [0, 0.05) is 18.5 Å². The summed E-state index contributed by atoms with van der Waals surface area (Å²) in [4.78, 5) is 29.7. The number of fused-ring (bicyclic) bond motifs is 1. The largest absolute Gasteiger partial charge is 0.293 e. The van der Waals surface area contributed by atoms with Crippen LogP contribution in [0.3, 0.4) is 0 Å². The summed E-state index contributed by atoms with van der Waals surface area (Å²) in [7, 11) is 0. The molecular weight excluding hydrogens is 320 g/mol. The van der Waals surface area contributed by atoms with Crippen LogP contribution in [-0.2, 0) is 13.0 Å². The van der Waals surface area contributed by atoms with Crippen molar-refractivity contribution in [3.05, 3.63) is 63.6 Å². The summed E-state index contributed by atoms with van der Waals surface area (Å²) in [6.45, 7) is 0.717. The SMILES string of the molecule is O=C(CSc1nc2c(c(=O)n1CC1CC1)C=CC2)c1ccccc1. The van der Waals surface area contributed by atoms with Crippen LogP contribution >= 0.6 is 11.8 Å². The monoisotopic (exact) mass is 338 g/mol. The molecule has 0 saturated heterocycles. The van der Waals surface area contributed by atoms with Gasteiger partial charge in [-0.3, -0.25) is 14.2 Å². The van der Waals surface area contributed by atoms with E-state index < -0.39 is 0 Å². The minimum atomic E-state index is 0.0373. The van der Waals surface area contributed by atoms with Gasteiger partial charge in [-0.1, -0.05) is 54.2 Å². The summed E-state index contributed by atoms with van der Waals surface area (Å²) in [5, 5.41) is 0.679. The third-order valence-electron chi connectivity index (χ3n) is 4.41. The predicted molar refractivity (Wildman–Crippen MR) is 95.5 cm³/mol. The Kier molecular flexibility index (Phi) is 4.10. The van der Waals surface area contributed by atoms with E-state index in [2.05, 4.69) is 4.98 Å². The molecule has 0 spiro atoms. The quantitative estimate of drug-likeness (QED) is 0.461. The summed E-state index contributed by atoms with van der Waals surface area (Å²) in [6, 6.07) is 9.26. The van der Waals surface area contributed by atoms with Crippen LogP contribution in [0.25, 0.3) is 6.08 Å². The molecule has 5 heteroatoms. The minimum absolute atomic E-state index is 0.0373. The Morgan fingerprint density at radius 2 is 2.04 bits per heavy atom. The Hall–Kier alpha value is -2.14. The Labute approximate surface area is 144 Å². The molecule has 1 aromatic heterocycles. The molecule has 0 radical (unpaired) electrons. The number of benzene rings is 1. The number of aromatic nitrogens is 2. The second-order valence-electron chi connectivity index (χ2n) is 6.30. The summed E-state index contributed by atoms with van der Waals surface area (Å²) in [6.07, 6.45) is 6.90. The van der Waals surface area contributed by atoms with E-state index in [9.17, 15) is 9.59 Å². The highest BCUT2D eigenvalue weighted by molar-refractivity contribution is 7.99. The number of hydrogen-bond donors (Lipinski definition) is 0. The average Bonchev–Trinajstić information content (AvgIpc) is 3.31. The van der Waals surface area contributed by atoms with Gasteiger partial charge in [0.2, 0.25) is 0 Å². The fraction of sp³-hybridized carbons (Fsp3) is 0.316. The molecule has 4 nitrogen and oxygen atoms in total. The molecule has 0 aliphatic heterocycles. The van der Waals surface area contributed by atoms with E-state index >= 15 is 0 Å². The molecular formula is C19H18N2O2S. The minimum Gasteiger partial charge on any atom is -0.293 e. The van der Waals surface area contributed by atoms with Gasteiger partial charge in [0.15, 0.2) is 10.9 Å². The second-order valence-corrected chi connectivity index (χ2v) is 7.24. The molecule has 1 aromatic carbocycles. The number of carbonyl (C=O) groups excluding carboxylic acids is 1. The van der Waals surface area contributed by atoms with E-state index in [0.29, 0.717) is 28.8 Å². The number of nitrogens with zero attached hydrogens (tertiary/aromatic N) is 2. The van der Waals surface area contributed by atoms with E-state index in [1.54, 1.807) is 4.57 Å². The van der Waals surface area contributed by atoms with E-state index in [1.165, 1.54) is 24.6 Å². The lowest BCUT2D eigenvalue weighted by atomic mass is 10.2. The lowest BCUT2D eigenvalue weighted by molar-refractivity contribution is 0.102.